The van der Waals surface area contributed by atoms with Crippen molar-refractivity contribution in [2.45, 2.75) is 4.90 Å². The molecule has 0 atom stereocenters. The summed E-state index contributed by atoms with van der Waals surface area (Å²) < 4.78 is 38.3. The summed E-state index contributed by atoms with van der Waals surface area (Å²) in [5.41, 5.74) is 1.32. The van der Waals surface area contributed by atoms with E-state index in [1.54, 1.807) is 24.3 Å². The van der Waals surface area contributed by atoms with Gasteiger partial charge in [-0.05, 0) is 30.3 Å². The Morgan fingerprint density at radius 1 is 1.03 bits per heavy atom. The van der Waals surface area contributed by atoms with Crippen LogP contribution in [0.1, 0.15) is 10.4 Å². The number of benzene rings is 1. The van der Waals surface area contributed by atoms with Gasteiger partial charge in [0.2, 0.25) is 10.0 Å². The van der Waals surface area contributed by atoms with Gasteiger partial charge < -0.3 is 19.7 Å². The molecule has 2 fully saturated rings. The molecule has 31 heavy (non-hydrogen) atoms. The number of morpholine rings is 2. The van der Waals surface area contributed by atoms with Crippen LogP contribution in [0.25, 0.3) is 0 Å². The zero-order valence-electron chi connectivity index (χ0n) is 16.8. The van der Waals surface area contributed by atoms with Gasteiger partial charge in [-0.1, -0.05) is 11.6 Å². The van der Waals surface area contributed by atoms with Gasteiger partial charge in [0, 0.05) is 32.4 Å². The van der Waals surface area contributed by atoms with Gasteiger partial charge in [0.05, 0.1) is 48.3 Å². The van der Waals surface area contributed by atoms with E-state index in [-0.39, 0.29) is 15.6 Å². The molecule has 2 aliphatic rings. The molecular formula is C20H23ClN4O5S. The van der Waals surface area contributed by atoms with Crippen molar-refractivity contribution in [2.75, 3.05) is 62.8 Å². The highest BCUT2D eigenvalue weighted by atomic mass is 35.5. The Hall–Kier alpha value is -2.24. The Kier molecular flexibility index (Phi) is 6.73. The molecule has 0 unspecified atom stereocenters. The van der Waals surface area contributed by atoms with E-state index in [0.717, 1.165) is 5.69 Å². The van der Waals surface area contributed by atoms with Crippen molar-refractivity contribution in [3.8, 4) is 0 Å². The second-order valence-corrected chi connectivity index (χ2v) is 9.39. The summed E-state index contributed by atoms with van der Waals surface area (Å²) >= 11 is 6.07. The first-order chi connectivity index (χ1) is 15.0. The van der Waals surface area contributed by atoms with Gasteiger partial charge in [-0.15, -0.1) is 0 Å². The predicted molar refractivity (Wildman–Crippen MR) is 116 cm³/mol. The van der Waals surface area contributed by atoms with E-state index in [1.165, 1.54) is 16.6 Å². The van der Waals surface area contributed by atoms with Gasteiger partial charge in [-0.25, -0.2) is 13.4 Å². The molecule has 1 amide bonds. The fraction of sp³-hybridized carbons (Fsp3) is 0.400. The third-order valence-corrected chi connectivity index (χ3v) is 7.38. The molecule has 0 bridgehead atoms. The number of pyridine rings is 1. The van der Waals surface area contributed by atoms with Crippen LogP contribution >= 0.6 is 11.6 Å². The van der Waals surface area contributed by atoms with Crippen LogP contribution in [0.2, 0.25) is 5.15 Å². The lowest BCUT2D eigenvalue weighted by molar-refractivity contribution is 0.0730. The number of halogens is 1. The van der Waals surface area contributed by atoms with Gasteiger partial charge in [0.1, 0.15) is 5.15 Å². The Bertz CT molecular complexity index is 1050. The molecule has 0 aliphatic carbocycles. The SMILES string of the molecule is O=C(Nc1cc(S(=O)(=O)N2CCOCC2)ccc1N1CCOCC1)c1cccnc1Cl. The topological polar surface area (TPSA) is 101 Å². The van der Waals surface area contributed by atoms with E-state index in [0.29, 0.717) is 58.3 Å². The minimum Gasteiger partial charge on any atom is -0.379 e. The monoisotopic (exact) mass is 466 g/mol. The first kappa shape index (κ1) is 22.0. The third kappa shape index (κ3) is 4.83. The maximum absolute atomic E-state index is 13.1. The van der Waals surface area contributed by atoms with Crippen molar-refractivity contribution in [1.29, 1.82) is 0 Å². The predicted octanol–water partition coefficient (Wildman–Crippen LogP) is 1.84. The molecule has 9 nitrogen and oxygen atoms in total. The smallest absolute Gasteiger partial charge is 0.258 e. The molecule has 0 saturated carbocycles. The molecule has 11 heteroatoms. The fourth-order valence-electron chi connectivity index (χ4n) is 3.54. The van der Waals surface area contributed by atoms with Crippen LogP contribution in [0, 0.1) is 0 Å². The van der Waals surface area contributed by atoms with Gasteiger partial charge >= 0.3 is 0 Å². The quantitative estimate of drug-likeness (QED) is 0.671. The molecule has 2 aliphatic heterocycles. The number of amides is 1. The number of hydrogen-bond donors (Lipinski definition) is 1. The summed E-state index contributed by atoms with van der Waals surface area (Å²) in [7, 11) is -3.72. The van der Waals surface area contributed by atoms with E-state index >= 15 is 0 Å². The zero-order chi connectivity index (χ0) is 21.8. The number of rotatable bonds is 5. The standard InChI is InChI=1S/C20H23ClN4O5S/c21-19-16(2-1-5-22-19)20(26)23-17-14-15(31(27,28)25-8-12-30-13-9-25)3-4-18(17)24-6-10-29-11-7-24/h1-5,14H,6-13H2,(H,23,26). The van der Waals surface area contributed by atoms with E-state index in [9.17, 15) is 13.2 Å². The largest absolute Gasteiger partial charge is 0.379 e. The van der Waals surface area contributed by atoms with Crippen LogP contribution in [-0.2, 0) is 19.5 Å². The Labute approximate surface area is 186 Å². The average molecular weight is 467 g/mol. The fourth-order valence-corrected chi connectivity index (χ4v) is 5.18. The van der Waals surface area contributed by atoms with Crippen LogP contribution < -0.4 is 10.2 Å². The van der Waals surface area contributed by atoms with Crippen molar-refractivity contribution in [3.05, 3.63) is 47.2 Å². The van der Waals surface area contributed by atoms with Gasteiger partial charge in [-0.3, -0.25) is 4.79 Å². The molecule has 1 N–H and O–H groups in total. The number of nitrogens with zero attached hydrogens (tertiary/aromatic N) is 3. The first-order valence-electron chi connectivity index (χ1n) is 9.93. The lowest BCUT2D eigenvalue weighted by Gasteiger charge is -2.31. The van der Waals surface area contributed by atoms with E-state index < -0.39 is 15.9 Å². The number of ether oxygens (including phenoxy) is 2. The molecule has 3 heterocycles. The number of anilines is 2. The highest BCUT2D eigenvalue weighted by Gasteiger charge is 2.28. The molecule has 1 aromatic heterocycles. The Morgan fingerprint density at radius 2 is 1.71 bits per heavy atom. The van der Waals surface area contributed by atoms with E-state index in [2.05, 4.69) is 15.2 Å². The van der Waals surface area contributed by atoms with E-state index in [4.69, 9.17) is 21.1 Å². The highest BCUT2D eigenvalue weighted by molar-refractivity contribution is 7.89. The summed E-state index contributed by atoms with van der Waals surface area (Å²) in [6.45, 7) is 3.66. The second kappa shape index (κ2) is 9.49. The minimum absolute atomic E-state index is 0.0741. The summed E-state index contributed by atoms with van der Waals surface area (Å²) in [4.78, 5) is 19.0. The summed E-state index contributed by atoms with van der Waals surface area (Å²) in [5, 5.41) is 2.90. The highest BCUT2D eigenvalue weighted by Crippen LogP contribution is 2.32. The molecule has 0 spiro atoms. The first-order valence-corrected chi connectivity index (χ1v) is 11.7. The van der Waals surface area contributed by atoms with Crippen molar-refractivity contribution in [2.24, 2.45) is 0 Å². The normalized spacial score (nSPS) is 18.0. The van der Waals surface area contributed by atoms with Crippen LogP contribution in [0.15, 0.2) is 41.4 Å². The van der Waals surface area contributed by atoms with E-state index in [1.807, 2.05) is 0 Å². The Morgan fingerprint density at radius 3 is 2.39 bits per heavy atom. The van der Waals surface area contributed by atoms with Crippen LogP contribution in [0.5, 0.6) is 0 Å². The van der Waals surface area contributed by atoms with Crippen molar-refractivity contribution < 1.29 is 22.7 Å². The maximum atomic E-state index is 13.1. The maximum Gasteiger partial charge on any atom is 0.258 e. The number of aromatic nitrogens is 1. The molecule has 4 rings (SSSR count). The molecule has 1 aromatic carbocycles. The molecule has 0 radical (unpaired) electrons. The van der Waals surface area contributed by atoms with Crippen LogP contribution in [0.3, 0.4) is 0 Å². The van der Waals surface area contributed by atoms with Crippen molar-refractivity contribution in [1.82, 2.24) is 9.29 Å². The van der Waals surface area contributed by atoms with Gasteiger partial charge in [0.15, 0.2) is 0 Å². The average Bonchev–Trinajstić information content (AvgIpc) is 2.80. The van der Waals surface area contributed by atoms with Crippen molar-refractivity contribution >= 4 is 38.9 Å². The number of carbonyl (C=O) groups is 1. The lowest BCUT2D eigenvalue weighted by Crippen LogP contribution is -2.40. The third-order valence-electron chi connectivity index (χ3n) is 5.18. The number of nitrogens with one attached hydrogen (secondary N) is 1. The minimum atomic E-state index is -3.72. The van der Waals surface area contributed by atoms with Gasteiger partial charge in [-0.2, -0.15) is 4.31 Å². The molecule has 2 saturated heterocycles. The molecule has 2 aromatic rings. The van der Waals surface area contributed by atoms with Crippen molar-refractivity contribution in [3.63, 3.8) is 0 Å². The molecular weight excluding hydrogens is 444 g/mol. The second-order valence-electron chi connectivity index (χ2n) is 7.09. The van der Waals surface area contributed by atoms with Gasteiger partial charge in [0.25, 0.3) is 5.91 Å². The number of carbonyl (C=O) groups excluding carboxylic acids is 1. The number of sulfonamides is 1. The summed E-state index contributed by atoms with van der Waals surface area (Å²) in [6.07, 6.45) is 1.49. The zero-order valence-corrected chi connectivity index (χ0v) is 18.4. The van der Waals surface area contributed by atoms with Crippen LogP contribution in [-0.4, -0.2) is 76.2 Å². The summed E-state index contributed by atoms with van der Waals surface area (Å²) in [6, 6.07) is 7.97. The van der Waals surface area contributed by atoms with Crippen LogP contribution in [0.4, 0.5) is 11.4 Å². The Balaban J connectivity index is 1.69. The lowest BCUT2D eigenvalue weighted by atomic mass is 10.2. The number of hydrogen-bond acceptors (Lipinski definition) is 7. The molecule has 166 valence electrons. The summed E-state index contributed by atoms with van der Waals surface area (Å²) in [5.74, 6) is -0.464.